The zero-order valence-electron chi connectivity index (χ0n) is 14.3. The van der Waals surface area contributed by atoms with E-state index < -0.39 is 0 Å². The summed E-state index contributed by atoms with van der Waals surface area (Å²) in [5.74, 6) is 0.636. The minimum absolute atomic E-state index is 0.606. The van der Waals surface area contributed by atoms with Gasteiger partial charge in [-0.3, -0.25) is 0 Å². The van der Waals surface area contributed by atoms with Gasteiger partial charge in [-0.25, -0.2) is 14.8 Å². The summed E-state index contributed by atoms with van der Waals surface area (Å²) in [6.45, 7) is 7.12. The first-order valence-electron chi connectivity index (χ1n) is 8.41. The summed E-state index contributed by atoms with van der Waals surface area (Å²) in [6, 6.07) is 26.9. The Morgan fingerprint density at radius 2 is 1.22 bits per heavy atom. The predicted octanol–water partition coefficient (Wildman–Crippen LogP) is 6.68. The first kappa shape index (κ1) is 17.0. The summed E-state index contributed by atoms with van der Waals surface area (Å²) in [7, 11) is 0. The highest BCUT2D eigenvalue weighted by molar-refractivity contribution is 6.30. The fourth-order valence-electron chi connectivity index (χ4n) is 2.79. The molecule has 4 aromatic rings. The van der Waals surface area contributed by atoms with Crippen molar-refractivity contribution >= 4 is 17.3 Å². The van der Waals surface area contributed by atoms with Crippen molar-refractivity contribution in [3.8, 4) is 33.9 Å². The molecular formula is C23H14ClN3. The monoisotopic (exact) mass is 367 g/mol. The minimum Gasteiger partial charge on any atom is -0.238 e. The van der Waals surface area contributed by atoms with E-state index in [1.807, 2.05) is 72.8 Å². The quantitative estimate of drug-likeness (QED) is 0.378. The van der Waals surface area contributed by atoms with Crippen LogP contribution in [0.2, 0.25) is 5.02 Å². The van der Waals surface area contributed by atoms with E-state index in [-0.39, 0.29) is 0 Å². The van der Waals surface area contributed by atoms with Gasteiger partial charge in [0, 0.05) is 16.1 Å². The molecule has 0 spiro atoms. The van der Waals surface area contributed by atoms with Crippen molar-refractivity contribution in [2.45, 2.75) is 0 Å². The van der Waals surface area contributed by atoms with Crippen LogP contribution in [0.4, 0.5) is 5.69 Å². The number of benzene rings is 3. The van der Waals surface area contributed by atoms with Crippen LogP contribution < -0.4 is 0 Å². The van der Waals surface area contributed by atoms with E-state index in [1.165, 1.54) is 0 Å². The molecule has 0 radical (unpaired) electrons. The predicted molar refractivity (Wildman–Crippen MR) is 110 cm³/mol. The number of rotatable bonds is 3. The molecule has 3 aromatic carbocycles. The highest BCUT2D eigenvalue weighted by atomic mass is 35.5. The highest BCUT2D eigenvalue weighted by Gasteiger charge is 2.10. The molecule has 0 bridgehead atoms. The maximum absolute atomic E-state index is 7.12. The molecule has 0 aliphatic heterocycles. The Morgan fingerprint density at radius 3 is 1.81 bits per heavy atom. The maximum Gasteiger partial charge on any atom is 0.187 e. The second-order valence-corrected chi connectivity index (χ2v) is 6.43. The largest absolute Gasteiger partial charge is 0.238 e. The molecule has 1 aromatic heterocycles. The summed E-state index contributed by atoms with van der Waals surface area (Å²) >= 11 is 6.02. The lowest BCUT2D eigenvalue weighted by molar-refractivity contribution is 1.18. The molecule has 0 aliphatic rings. The van der Waals surface area contributed by atoms with Crippen molar-refractivity contribution in [1.29, 1.82) is 0 Å². The zero-order valence-corrected chi connectivity index (χ0v) is 15.1. The van der Waals surface area contributed by atoms with E-state index >= 15 is 0 Å². The number of nitrogens with zero attached hydrogens (tertiary/aromatic N) is 3. The fraction of sp³-hybridized carbons (Fsp3) is 0. The van der Waals surface area contributed by atoms with Crippen LogP contribution in [0.3, 0.4) is 0 Å². The van der Waals surface area contributed by atoms with Crippen LogP contribution in [-0.4, -0.2) is 9.97 Å². The van der Waals surface area contributed by atoms with Gasteiger partial charge in [0.1, 0.15) is 0 Å². The Labute approximate surface area is 162 Å². The molecule has 27 heavy (non-hydrogen) atoms. The second kappa shape index (κ2) is 7.41. The van der Waals surface area contributed by atoms with Crippen LogP contribution in [0.5, 0.6) is 0 Å². The molecule has 0 atom stereocenters. The Kier molecular flexibility index (Phi) is 4.65. The first-order chi connectivity index (χ1) is 13.2. The van der Waals surface area contributed by atoms with Gasteiger partial charge in [-0.15, -0.1) is 0 Å². The molecule has 3 nitrogen and oxygen atoms in total. The van der Waals surface area contributed by atoms with Gasteiger partial charge < -0.3 is 0 Å². The molecule has 0 aliphatic carbocycles. The van der Waals surface area contributed by atoms with Crippen LogP contribution in [0, 0.1) is 6.57 Å². The van der Waals surface area contributed by atoms with Gasteiger partial charge in [-0.2, -0.15) is 0 Å². The molecule has 4 rings (SSSR count). The smallest absolute Gasteiger partial charge is 0.187 e. The number of aromatic nitrogens is 2. The number of hydrogen-bond donors (Lipinski definition) is 0. The molecule has 0 saturated heterocycles. The molecule has 0 unspecified atom stereocenters. The van der Waals surface area contributed by atoms with E-state index in [1.54, 1.807) is 12.1 Å². The lowest BCUT2D eigenvalue weighted by atomic mass is 10.1. The maximum atomic E-state index is 7.12. The molecular weight excluding hydrogens is 354 g/mol. The van der Waals surface area contributed by atoms with Crippen LogP contribution in [0.25, 0.3) is 38.7 Å². The SMILES string of the molecule is [C-]#[N+]c1ccc(-c2cc(-c3ccccc3)nc(-c3ccc(Cl)cc3)n2)cc1. The molecule has 0 fully saturated rings. The third kappa shape index (κ3) is 3.72. The zero-order chi connectivity index (χ0) is 18.6. The summed E-state index contributed by atoms with van der Waals surface area (Å²) in [5, 5.41) is 0.674. The Bertz CT molecular complexity index is 1110. The minimum atomic E-state index is 0.606. The normalized spacial score (nSPS) is 10.4. The highest BCUT2D eigenvalue weighted by Crippen LogP contribution is 2.28. The van der Waals surface area contributed by atoms with Crippen molar-refractivity contribution < 1.29 is 0 Å². The van der Waals surface area contributed by atoms with Crippen molar-refractivity contribution in [2.24, 2.45) is 0 Å². The Morgan fingerprint density at radius 1 is 0.667 bits per heavy atom. The van der Waals surface area contributed by atoms with E-state index in [0.29, 0.717) is 16.5 Å². The molecule has 4 heteroatoms. The Balaban J connectivity index is 1.88. The van der Waals surface area contributed by atoms with Crippen LogP contribution in [0.15, 0.2) is 84.9 Å². The van der Waals surface area contributed by atoms with Crippen molar-refractivity contribution in [2.75, 3.05) is 0 Å². The van der Waals surface area contributed by atoms with Gasteiger partial charge in [-0.1, -0.05) is 66.2 Å². The van der Waals surface area contributed by atoms with Gasteiger partial charge in [-0.05, 0) is 35.9 Å². The molecule has 1 heterocycles. The summed E-state index contributed by atoms with van der Waals surface area (Å²) in [5.41, 5.74) is 5.13. The van der Waals surface area contributed by atoms with E-state index in [9.17, 15) is 0 Å². The number of halogens is 1. The van der Waals surface area contributed by atoms with Gasteiger partial charge in [0.2, 0.25) is 0 Å². The lowest BCUT2D eigenvalue weighted by Crippen LogP contribution is -1.95. The van der Waals surface area contributed by atoms with Crippen molar-refractivity contribution in [3.63, 3.8) is 0 Å². The van der Waals surface area contributed by atoms with Gasteiger partial charge in [0.05, 0.1) is 18.0 Å². The summed E-state index contributed by atoms with van der Waals surface area (Å²) in [4.78, 5) is 13.0. The van der Waals surface area contributed by atoms with Crippen LogP contribution in [0.1, 0.15) is 0 Å². The molecule has 128 valence electrons. The topological polar surface area (TPSA) is 30.1 Å². The molecule has 0 amide bonds. The third-order valence-corrected chi connectivity index (χ3v) is 4.44. The van der Waals surface area contributed by atoms with Gasteiger partial charge in [0.25, 0.3) is 0 Å². The first-order valence-corrected chi connectivity index (χ1v) is 8.79. The average Bonchev–Trinajstić information content (AvgIpc) is 2.74. The molecule has 0 N–H and O–H groups in total. The summed E-state index contributed by atoms with van der Waals surface area (Å²) in [6.07, 6.45) is 0. The van der Waals surface area contributed by atoms with Gasteiger partial charge >= 0.3 is 0 Å². The van der Waals surface area contributed by atoms with Gasteiger partial charge in [0.15, 0.2) is 11.5 Å². The second-order valence-electron chi connectivity index (χ2n) is 5.99. The Hall–Kier alpha value is -3.48. The average molecular weight is 368 g/mol. The number of hydrogen-bond acceptors (Lipinski definition) is 2. The lowest BCUT2D eigenvalue weighted by Gasteiger charge is -2.09. The van der Waals surface area contributed by atoms with E-state index in [0.717, 1.165) is 28.1 Å². The summed E-state index contributed by atoms with van der Waals surface area (Å²) < 4.78 is 0. The van der Waals surface area contributed by atoms with Crippen molar-refractivity contribution in [3.05, 3.63) is 101 Å². The standard InChI is InChI=1S/C23H14ClN3/c1-25-20-13-9-17(10-14-20)22-15-21(16-5-3-2-4-6-16)26-23(27-22)18-7-11-19(24)12-8-18/h2-15H. The fourth-order valence-corrected chi connectivity index (χ4v) is 2.91. The van der Waals surface area contributed by atoms with Crippen LogP contribution in [-0.2, 0) is 0 Å². The molecule has 0 saturated carbocycles. The van der Waals surface area contributed by atoms with Crippen LogP contribution >= 0.6 is 11.6 Å². The van der Waals surface area contributed by atoms with Crippen molar-refractivity contribution in [1.82, 2.24) is 9.97 Å². The third-order valence-electron chi connectivity index (χ3n) is 4.19. The van der Waals surface area contributed by atoms with E-state index in [2.05, 4.69) is 4.85 Å². The van der Waals surface area contributed by atoms with E-state index in [4.69, 9.17) is 28.1 Å².